The van der Waals surface area contributed by atoms with Gasteiger partial charge in [-0.25, -0.2) is 0 Å². The summed E-state index contributed by atoms with van der Waals surface area (Å²) in [6, 6.07) is -0.820. The lowest BCUT2D eigenvalue weighted by Gasteiger charge is -2.40. The number of carbonyl (C=O) groups excluding carboxylic acids is 1. The highest BCUT2D eigenvalue weighted by Crippen LogP contribution is 2.23. The molecule has 6 N–H and O–H groups in total. The molecule has 0 aromatic carbocycles. The number of aliphatic hydroxyl groups is 5. The molecule has 0 aromatic heterocycles. The van der Waals surface area contributed by atoms with E-state index in [1.165, 1.54) is 167 Å². The number of allylic oxidation sites excluding steroid dienone is 5. The molecule has 1 saturated heterocycles. The van der Waals surface area contributed by atoms with Crippen molar-refractivity contribution in [2.75, 3.05) is 13.2 Å². The summed E-state index contributed by atoms with van der Waals surface area (Å²) in [6.07, 6.45) is 44.9. The summed E-state index contributed by atoms with van der Waals surface area (Å²) in [5, 5.41) is 54.2. The zero-order valence-corrected chi connectivity index (χ0v) is 38.7. The van der Waals surface area contributed by atoms with E-state index < -0.39 is 49.5 Å². The molecule has 7 atom stereocenters. The molecule has 0 radical (unpaired) electrons. The van der Waals surface area contributed by atoms with E-state index in [0.717, 1.165) is 38.5 Å². The number of amides is 1. The number of aliphatic hydroxyl groups excluding tert-OH is 5. The van der Waals surface area contributed by atoms with Gasteiger partial charge in [0.1, 0.15) is 24.4 Å². The number of hydrogen-bond acceptors (Lipinski definition) is 8. The third-order valence-corrected chi connectivity index (χ3v) is 11.9. The quantitative estimate of drug-likeness (QED) is 0.0263. The fourth-order valence-electron chi connectivity index (χ4n) is 7.87. The van der Waals surface area contributed by atoms with Crippen LogP contribution in [0, 0.1) is 0 Å². The lowest BCUT2D eigenvalue weighted by molar-refractivity contribution is -0.302. The summed E-state index contributed by atoms with van der Waals surface area (Å²) in [5.41, 5.74) is 0. The van der Waals surface area contributed by atoms with Gasteiger partial charge in [0.15, 0.2) is 6.29 Å². The second kappa shape index (κ2) is 41.4. The van der Waals surface area contributed by atoms with Crippen molar-refractivity contribution in [1.82, 2.24) is 5.32 Å². The lowest BCUT2D eigenvalue weighted by Crippen LogP contribution is -2.60. The Morgan fingerprint density at radius 2 is 0.950 bits per heavy atom. The number of nitrogens with one attached hydrogen (secondary N) is 1. The second-order valence-electron chi connectivity index (χ2n) is 17.6. The van der Waals surface area contributed by atoms with Gasteiger partial charge in [0.2, 0.25) is 5.91 Å². The Morgan fingerprint density at radius 3 is 1.40 bits per heavy atom. The largest absolute Gasteiger partial charge is 0.394 e. The van der Waals surface area contributed by atoms with Gasteiger partial charge in [0, 0.05) is 6.42 Å². The standard InChI is InChI=1S/C51H95NO8/c1-3-5-7-9-11-13-15-17-18-19-20-21-22-23-24-25-26-27-28-29-31-33-35-37-39-41-47(55)52-44(43-59-51-50(58)49(57)48(56)46(42-53)60-51)45(54)40-38-36-34-32-30-16-14-12-10-8-6-4-2/h23-24,30,32,38,40,44-46,48-51,53-54,56-58H,3-22,25-29,31,33-37,39,41-43H2,1-2H3,(H,52,55)/b24-23-,32-30+,40-38+. The van der Waals surface area contributed by atoms with Crippen LogP contribution in [0.1, 0.15) is 226 Å². The average Bonchev–Trinajstić information content (AvgIpc) is 3.25. The van der Waals surface area contributed by atoms with Gasteiger partial charge < -0.3 is 40.3 Å². The monoisotopic (exact) mass is 850 g/mol. The molecule has 0 spiro atoms. The van der Waals surface area contributed by atoms with Crippen LogP contribution in [0.5, 0.6) is 0 Å². The predicted octanol–water partition coefficient (Wildman–Crippen LogP) is 11.2. The molecule has 1 aliphatic rings. The fraction of sp³-hybridized carbons (Fsp3) is 0.863. The highest BCUT2D eigenvalue weighted by molar-refractivity contribution is 5.76. The van der Waals surface area contributed by atoms with Crippen LogP contribution in [-0.2, 0) is 14.3 Å². The van der Waals surface area contributed by atoms with E-state index >= 15 is 0 Å². The van der Waals surface area contributed by atoms with Crippen molar-refractivity contribution in [2.24, 2.45) is 0 Å². The maximum atomic E-state index is 13.0. The van der Waals surface area contributed by atoms with Gasteiger partial charge in [-0.05, 0) is 57.8 Å². The minimum atomic E-state index is -1.57. The van der Waals surface area contributed by atoms with E-state index in [9.17, 15) is 30.3 Å². The predicted molar refractivity (Wildman–Crippen MR) is 249 cm³/mol. The van der Waals surface area contributed by atoms with Crippen LogP contribution in [-0.4, -0.2) is 87.5 Å². The highest BCUT2D eigenvalue weighted by Gasteiger charge is 2.44. The SMILES string of the molecule is CCCCCCCC/C=C/CC/C=C/C(O)C(COC1OC(CO)C(O)C(O)C1O)NC(=O)CCCCCCCCCCC/C=C\CCCCCCCCCCCCCC. The second-order valence-corrected chi connectivity index (χ2v) is 17.6. The van der Waals surface area contributed by atoms with Crippen molar-refractivity contribution in [3.05, 3.63) is 36.5 Å². The minimum absolute atomic E-state index is 0.189. The topological polar surface area (TPSA) is 149 Å². The molecule has 1 heterocycles. The number of ether oxygens (including phenoxy) is 2. The maximum absolute atomic E-state index is 13.0. The molecule has 1 aliphatic heterocycles. The van der Waals surface area contributed by atoms with Gasteiger partial charge in [0.25, 0.3) is 0 Å². The number of hydrogen-bond donors (Lipinski definition) is 6. The van der Waals surface area contributed by atoms with Crippen LogP contribution in [0.4, 0.5) is 0 Å². The zero-order valence-electron chi connectivity index (χ0n) is 38.7. The maximum Gasteiger partial charge on any atom is 0.220 e. The summed E-state index contributed by atoms with van der Waals surface area (Å²) in [6.45, 7) is 3.75. The number of unbranched alkanes of at least 4 members (excludes halogenated alkanes) is 28. The highest BCUT2D eigenvalue weighted by atomic mass is 16.7. The molecule has 1 amide bonds. The summed E-state index contributed by atoms with van der Waals surface area (Å²) in [5.74, 6) is -0.189. The van der Waals surface area contributed by atoms with Gasteiger partial charge in [-0.1, -0.05) is 198 Å². The van der Waals surface area contributed by atoms with E-state index in [2.05, 4.69) is 43.5 Å². The normalized spacial score (nSPS) is 20.8. The molecular formula is C51H95NO8. The summed E-state index contributed by atoms with van der Waals surface area (Å²) in [7, 11) is 0. The van der Waals surface area contributed by atoms with Crippen molar-refractivity contribution >= 4 is 5.91 Å². The number of carbonyl (C=O) groups is 1. The van der Waals surface area contributed by atoms with E-state index in [-0.39, 0.29) is 12.5 Å². The lowest BCUT2D eigenvalue weighted by atomic mass is 9.99. The van der Waals surface area contributed by atoms with Crippen molar-refractivity contribution < 1.29 is 39.8 Å². The molecule has 60 heavy (non-hydrogen) atoms. The van der Waals surface area contributed by atoms with Crippen LogP contribution in [0.15, 0.2) is 36.5 Å². The zero-order chi connectivity index (χ0) is 43.7. The molecule has 1 rings (SSSR count). The van der Waals surface area contributed by atoms with E-state index in [4.69, 9.17) is 9.47 Å². The Balaban J connectivity index is 2.24. The minimum Gasteiger partial charge on any atom is -0.394 e. The molecule has 0 saturated carbocycles. The van der Waals surface area contributed by atoms with Crippen molar-refractivity contribution in [1.29, 1.82) is 0 Å². The number of rotatable bonds is 42. The third-order valence-electron chi connectivity index (χ3n) is 11.9. The van der Waals surface area contributed by atoms with Crippen LogP contribution in [0.3, 0.4) is 0 Å². The Bertz CT molecular complexity index is 1030. The summed E-state index contributed by atoms with van der Waals surface area (Å²) in [4.78, 5) is 13.0. The van der Waals surface area contributed by atoms with Crippen molar-refractivity contribution in [3.8, 4) is 0 Å². The first kappa shape index (κ1) is 56.4. The van der Waals surface area contributed by atoms with Crippen LogP contribution in [0.25, 0.3) is 0 Å². The van der Waals surface area contributed by atoms with Crippen molar-refractivity contribution in [3.63, 3.8) is 0 Å². The first-order chi connectivity index (χ1) is 29.3. The fourth-order valence-corrected chi connectivity index (χ4v) is 7.87. The smallest absolute Gasteiger partial charge is 0.220 e. The molecule has 1 fully saturated rings. The molecule has 9 nitrogen and oxygen atoms in total. The van der Waals surface area contributed by atoms with Crippen LogP contribution in [0.2, 0.25) is 0 Å². The first-order valence-electron chi connectivity index (χ1n) is 25.2. The third kappa shape index (κ3) is 31.3. The molecular weight excluding hydrogens is 755 g/mol. The average molecular weight is 850 g/mol. The van der Waals surface area contributed by atoms with Gasteiger partial charge in [-0.2, -0.15) is 0 Å². The van der Waals surface area contributed by atoms with Crippen LogP contribution >= 0.6 is 0 Å². The molecule has 0 aliphatic carbocycles. The van der Waals surface area contributed by atoms with E-state index in [0.29, 0.717) is 6.42 Å². The Morgan fingerprint density at radius 1 is 0.550 bits per heavy atom. The van der Waals surface area contributed by atoms with Gasteiger partial charge >= 0.3 is 0 Å². The molecule has 352 valence electrons. The Labute approximate surface area is 368 Å². The molecule has 7 unspecified atom stereocenters. The van der Waals surface area contributed by atoms with Crippen molar-refractivity contribution in [2.45, 2.75) is 269 Å². The Kier molecular flexibility index (Phi) is 39.0. The van der Waals surface area contributed by atoms with E-state index in [1.54, 1.807) is 6.08 Å². The summed E-state index contributed by atoms with van der Waals surface area (Å²) < 4.78 is 11.2. The van der Waals surface area contributed by atoms with E-state index in [1.807, 2.05) is 6.08 Å². The summed E-state index contributed by atoms with van der Waals surface area (Å²) >= 11 is 0. The molecule has 0 bridgehead atoms. The molecule has 9 heteroatoms. The first-order valence-corrected chi connectivity index (χ1v) is 25.2. The van der Waals surface area contributed by atoms with Gasteiger partial charge in [-0.15, -0.1) is 0 Å². The Hall–Kier alpha value is -1.59. The van der Waals surface area contributed by atoms with Crippen LogP contribution < -0.4 is 5.32 Å². The molecule has 0 aromatic rings. The van der Waals surface area contributed by atoms with Gasteiger partial charge in [0.05, 0.1) is 25.4 Å². The van der Waals surface area contributed by atoms with Gasteiger partial charge in [-0.3, -0.25) is 4.79 Å².